The van der Waals surface area contributed by atoms with Crippen LogP contribution in [-0.4, -0.2) is 16.2 Å². The van der Waals surface area contributed by atoms with Gasteiger partial charge in [0.05, 0.1) is 5.69 Å². The van der Waals surface area contributed by atoms with E-state index in [1.165, 1.54) is 11.1 Å². The van der Waals surface area contributed by atoms with E-state index in [9.17, 15) is 0 Å². The second-order valence-corrected chi connectivity index (χ2v) is 5.62. The van der Waals surface area contributed by atoms with E-state index in [1.807, 2.05) is 39.1 Å². The highest BCUT2D eigenvalue weighted by Gasteiger charge is 2.11. The van der Waals surface area contributed by atoms with Crippen molar-refractivity contribution in [2.75, 3.05) is 0 Å². The van der Waals surface area contributed by atoms with Gasteiger partial charge in [-0.25, -0.2) is 9.97 Å². The normalized spacial score (nSPS) is 11.7. The van der Waals surface area contributed by atoms with Gasteiger partial charge in [0.2, 0.25) is 0 Å². The van der Waals surface area contributed by atoms with Gasteiger partial charge in [0, 0.05) is 11.8 Å². The molecular weight excluding hydrogens is 306 g/mol. The van der Waals surface area contributed by atoms with E-state index in [0.717, 1.165) is 24.1 Å². The molecule has 0 aliphatic rings. The van der Waals surface area contributed by atoms with Gasteiger partial charge in [-0.2, -0.15) is 0 Å². The van der Waals surface area contributed by atoms with Gasteiger partial charge >= 0.3 is 0 Å². The van der Waals surface area contributed by atoms with Crippen molar-refractivity contribution in [1.29, 1.82) is 0 Å². The van der Waals surface area contributed by atoms with Gasteiger partial charge in [0.25, 0.3) is 0 Å². The molecule has 4 heteroatoms. The topological polar surface area (TPSA) is 38.1 Å². The molecule has 0 unspecified atom stereocenters. The SMILES string of the molecule is C/C=C\c1ccc(-c2nc(C)c(N=CCC)c(Cl)n2)cc1CC. The summed E-state index contributed by atoms with van der Waals surface area (Å²) in [7, 11) is 0. The predicted octanol–water partition coefficient (Wildman–Crippen LogP) is 5.81. The second-order valence-electron chi connectivity index (χ2n) is 5.26. The molecule has 0 amide bonds. The Balaban J connectivity index is 2.48. The summed E-state index contributed by atoms with van der Waals surface area (Å²) in [6.07, 6.45) is 7.79. The molecule has 0 saturated carbocycles. The van der Waals surface area contributed by atoms with Crippen molar-refractivity contribution in [2.24, 2.45) is 4.99 Å². The molecule has 0 spiro atoms. The van der Waals surface area contributed by atoms with E-state index >= 15 is 0 Å². The number of nitrogens with zero attached hydrogens (tertiary/aromatic N) is 3. The number of aromatic nitrogens is 2. The third-order valence-electron chi connectivity index (χ3n) is 3.55. The lowest BCUT2D eigenvalue weighted by Gasteiger charge is -2.09. The first-order valence-electron chi connectivity index (χ1n) is 7.93. The summed E-state index contributed by atoms with van der Waals surface area (Å²) in [4.78, 5) is 13.4. The highest BCUT2D eigenvalue weighted by Crippen LogP contribution is 2.29. The highest BCUT2D eigenvalue weighted by atomic mass is 35.5. The Hall–Kier alpha value is -2.00. The van der Waals surface area contributed by atoms with Crippen LogP contribution in [-0.2, 0) is 6.42 Å². The lowest BCUT2D eigenvalue weighted by atomic mass is 10.0. The average molecular weight is 328 g/mol. The molecule has 3 nitrogen and oxygen atoms in total. The fourth-order valence-electron chi connectivity index (χ4n) is 2.38. The van der Waals surface area contributed by atoms with Crippen LogP contribution in [0.5, 0.6) is 0 Å². The molecule has 0 aliphatic heterocycles. The zero-order chi connectivity index (χ0) is 16.8. The van der Waals surface area contributed by atoms with Gasteiger partial charge in [-0.3, -0.25) is 4.99 Å². The van der Waals surface area contributed by atoms with Crippen LogP contribution in [0.15, 0.2) is 29.3 Å². The molecule has 120 valence electrons. The molecule has 0 saturated heterocycles. The van der Waals surface area contributed by atoms with Crippen LogP contribution < -0.4 is 0 Å². The first-order chi connectivity index (χ1) is 11.1. The minimum atomic E-state index is 0.396. The van der Waals surface area contributed by atoms with E-state index in [1.54, 1.807) is 0 Å². The molecule has 1 heterocycles. The Bertz CT molecular complexity index is 725. The van der Waals surface area contributed by atoms with Crippen LogP contribution in [0.1, 0.15) is 44.0 Å². The molecule has 0 bridgehead atoms. The molecule has 0 fully saturated rings. The predicted molar refractivity (Wildman–Crippen MR) is 99.7 cm³/mol. The number of hydrogen-bond donors (Lipinski definition) is 0. The van der Waals surface area contributed by atoms with Crippen molar-refractivity contribution in [1.82, 2.24) is 9.97 Å². The molecule has 2 aromatic rings. The summed E-state index contributed by atoms with van der Waals surface area (Å²) in [5, 5.41) is 0.396. The summed E-state index contributed by atoms with van der Waals surface area (Å²) in [6, 6.07) is 6.27. The van der Waals surface area contributed by atoms with E-state index < -0.39 is 0 Å². The standard InChI is InChI=1S/C19H22ClN3/c1-5-8-15-9-10-16(12-14(15)7-3)19-22-13(4)17(18(20)23-19)21-11-6-2/h5,8-12H,6-7H2,1-4H3/b8-5-,21-11?. The number of aryl methyl sites for hydroxylation is 2. The Morgan fingerprint density at radius 2 is 2.00 bits per heavy atom. The Kier molecular flexibility index (Phi) is 6.05. The van der Waals surface area contributed by atoms with Crippen LogP contribution in [0.4, 0.5) is 5.69 Å². The molecule has 1 aromatic heterocycles. The Morgan fingerprint density at radius 3 is 2.61 bits per heavy atom. The fourth-order valence-corrected chi connectivity index (χ4v) is 2.65. The third-order valence-corrected chi connectivity index (χ3v) is 3.81. The van der Waals surface area contributed by atoms with Gasteiger partial charge in [0.1, 0.15) is 5.69 Å². The summed E-state index contributed by atoms with van der Waals surface area (Å²) >= 11 is 6.30. The minimum absolute atomic E-state index is 0.396. The number of hydrogen-bond acceptors (Lipinski definition) is 3. The van der Waals surface area contributed by atoms with Crippen LogP contribution in [0.3, 0.4) is 0 Å². The van der Waals surface area contributed by atoms with E-state index in [0.29, 0.717) is 16.7 Å². The Morgan fingerprint density at radius 1 is 1.22 bits per heavy atom. The molecule has 23 heavy (non-hydrogen) atoms. The third kappa shape index (κ3) is 4.05. The van der Waals surface area contributed by atoms with Crippen molar-refractivity contribution in [3.8, 4) is 11.4 Å². The Labute approximate surface area is 143 Å². The van der Waals surface area contributed by atoms with E-state index in [-0.39, 0.29) is 0 Å². The van der Waals surface area contributed by atoms with Crippen molar-refractivity contribution in [3.05, 3.63) is 46.2 Å². The number of benzene rings is 1. The number of rotatable bonds is 5. The second kappa shape index (κ2) is 8.02. The van der Waals surface area contributed by atoms with Crippen LogP contribution in [0, 0.1) is 6.92 Å². The molecule has 0 N–H and O–H groups in total. The fraction of sp³-hybridized carbons (Fsp3) is 0.316. The maximum atomic E-state index is 6.30. The maximum absolute atomic E-state index is 6.30. The quantitative estimate of drug-likeness (QED) is 0.513. The zero-order valence-electron chi connectivity index (χ0n) is 14.1. The number of halogens is 1. The van der Waals surface area contributed by atoms with Gasteiger partial charge in [-0.1, -0.05) is 49.7 Å². The number of aliphatic imine (C=N–C) groups is 1. The summed E-state index contributed by atoms with van der Waals surface area (Å²) in [6.45, 7) is 8.11. The molecular formula is C19H22ClN3. The average Bonchev–Trinajstić information content (AvgIpc) is 2.54. The zero-order valence-corrected chi connectivity index (χ0v) is 14.9. The number of allylic oxidation sites excluding steroid dienone is 1. The van der Waals surface area contributed by atoms with E-state index in [4.69, 9.17) is 11.6 Å². The van der Waals surface area contributed by atoms with Crippen molar-refractivity contribution < 1.29 is 0 Å². The van der Waals surface area contributed by atoms with Gasteiger partial charge < -0.3 is 0 Å². The van der Waals surface area contributed by atoms with Gasteiger partial charge in [-0.15, -0.1) is 0 Å². The summed E-state index contributed by atoms with van der Waals surface area (Å²) < 4.78 is 0. The first-order valence-corrected chi connectivity index (χ1v) is 8.31. The largest absolute Gasteiger partial charge is 0.256 e. The molecule has 1 aromatic carbocycles. The minimum Gasteiger partial charge on any atom is -0.256 e. The summed E-state index contributed by atoms with van der Waals surface area (Å²) in [5.74, 6) is 0.643. The van der Waals surface area contributed by atoms with Crippen molar-refractivity contribution >= 4 is 29.6 Å². The molecule has 2 rings (SSSR count). The van der Waals surface area contributed by atoms with Crippen molar-refractivity contribution in [3.63, 3.8) is 0 Å². The monoisotopic (exact) mass is 327 g/mol. The lowest BCUT2D eigenvalue weighted by molar-refractivity contribution is 1.09. The highest BCUT2D eigenvalue weighted by molar-refractivity contribution is 6.32. The van der Waals surface area contributed by atoms with Crippen LogP contribution in [0.2, 0.25) is 5.15 Å². The van der Waals surface area contributed by atoms with Crippen LogP contribution in [0.25, 0.3) is 17.5 Å². The van der Waals surface area contributed by atoms with Crippen LogP contribution >= 0.6 is 11.6 Å². The lowest BCUT2D eigenvalue weighted by Crippen LogP contribution is -1.96. The van der Waals surface area contributed by atoms with Gasteiger partial charge in [-0.05, 0) is 43.9 Å². The maximum Gasteiger partial charge on any atom is 0.161 e. The first kappa shape index (κ1) is 17.4. The van der Waals surface area contributed by atoms with E-state index in [2.05, 4.69) is 40.1 Å². The molecule has 0 radical (unpaired) electrons. The summed E-state index contributed by atoms with van der Waals surface area (Å²) in [5.41, 5.74) is 4.92. The van der Waals surface area contributed by atoms with Crippen molar-refractivity contribution in [2.45, 2.75) is 40.5 Å². The van der Waals surface area contributed by atoms with Gasteiger partial charge in [0.15, 0.2) is 11.0 Å². The molecule has 0 aliphatic carbocycles. The smallest absolute Gasteiger partial charge is 0.161 e. The molecule has 0 atom stereocenters.